The maximum absolute atomic E-state index is 14.1. The molecule has 21 heavy (non-hydrogen) atoms. The lowest BCUT2D eigenvalue weighted by Crippen LogP contribution is -2.29. The Morgan fingerprint density at radius 1 is 1.24 bits per heavy atom. The minimum Gasteiger partial charge on any atom is -0.485 e. The summed E-state index contributed by atoms with van der Waals surface area (Å²) in [5.74, 6) is 0.496. The van der Waals surface area contributed by atoms with E-state index in [2.05, 4.69) is 18.3 Å². The van der Waals surface area contributed by atoms with Gasteiger partial charge < -0.3 is 10.1 Å². The highest BCUT2D eigenvalue weighted by Crippen LogP contribution is 2.41. The fourth-order valence-corrected chi connectivity index (χ4v) is 2.97. The molecule has 3 rings (SSSR count). The highest BCUT2D eigenvalue weighted by Gasteiger charge is 2.30. The van der Waals surface area contributed by atoms with Crippen LogP contribution in [0.3, 0.4) is 0 Å². The van der Waals surface area contributed by atoms with Crippen LogP contribution in [0.5, 0.6) is 5.75 Å². The summed E-state index contributed by atoms with van der Waals surface area (Å²) in [6, 6.07) is 12.8. The van der Waals surface area contributed by atoms with Gasteiger partial charge in [-0.3, -0.25) is 0 Å². The van der Waals surface area contributed by atoms with Crippen molar-refractivity contribution in [3.8, 4) is 5.75 Å². The van der Waals surface area contributed by atoms with Crippen LogP contribution < -0.4 is 10.1 Å². The second kappa shape index (κ2) is 6.04. The summed E-state index contributed by atoms with van der Waals surface area (Å²) in [6.07, 6.45) is 0.393. The van der Waals surface area contributed by atoms with E-state index in [0.29, 0.717) is 17.0 Å². The third-order valence-corrected chi connectivity index (χ3v) is 4.01. The number of fused-ring (bicyclic) bond motifs is 1. The molecule has 1 aliphatic heterocycles. The smallest absolute Gasteiger partial charge is 0.131 e. The summed E-state index contributed by atoms with van der Waals surface area (Å²) in [7, 11) is 0. The Morgan fingerprint density at radius 2 is 2.05 bits per heavy atom. The van der Waals surface area contributed by atoms with Crippen molar-refractivity contribution >= 4 is 11.6 Å². The normalized spacial score (nSPS) is 20.7. The van der Waals surface area contributed by atoms with Crippen molar-refractivity contribution in [2.75, 3.05) is 6.54 Å². The van der Waals surface area contributed by atoms with Gasteiger partial charge in [0.05, 0.1) is 0 Å². The van der Waals surface area contributed by atoms with Crippen LogP contribution in [0.15, 0.2) is 42.5 Å². The molecular weight excluding hydrogens is 289 g/mol. The fourth-order valence-electron chi connectivity index (χ4n) is 2.81. The molecule has 0 fully saturated rings. The van der Waals surface area contributed by atoms with Crippen LogP contribution >= 0.6 is 11.6 Å². The monoisotopic (exact) mass is 305 g/mol. The molecule has 2 aromatic carbocycles. The minimum atomic E-state index is -0.317. The van der Waals surface area contributed by atoms with E-state index in [1.54, 1.807) is 12.1 Å². The quantitative estimate of drug-likeness (QED) is 0.891. The summed E-state index contributed by atoms with van der Waals surface area (Å²) >= 11 is 5.82. The highest BCUT2D eigenvalue weighted by atomic mass is 35.5. The number of hydrogen-bond donors (Lipinski definition) is 1. The number of hydrogen-bond acceptors (Lipinski definition) is 2. The summed E-state index contributed by atoms with van der Waals surface area (Å²) < 4.78 is 20.1. The van der Waals surface area contributed by atoms with Gasteiger partial charge in [0.15, 0.2) is 0 Å². The molecule has 0 saturated carbocycles. The fraction of sp³-hybridized carbons (Fsp3) is 0.294. The van der Waals surface area contributed by atoms with E-state index in [9.17, 15) is 4.39 Å². The van der Waals surface area contributed by atoms with Crippen molar-refractivity contribution in [3.05, 3.63) is 64.4 Å². The first-order valence-electron chi connectivity index (χ1n) is 7.13. The molecule has 110 valence electrons. The van der Waals surface area contributed by atoms with Gasteiger partial charge in [-0.2, -0.15) is 0 Å². The second-order valence-corrected chi connectivity index (χ2v) is 5.59. The largest absolute Gasteiger partial charge is 0.485 e. The molecule has 0 aliphatic carbocycles. The number of nitrogens with one attached hydrogen (secondary N) is 1. The first kappa shape index (κ1) is 14.4. The van der Waals surface area contributed by atoms with Gasteiger partial charge in [0.25, 0.3) is 0 Å². The average Bonchev–Trinajstić information content (AvgIpc) is 2.47. The van der Waals surface area contributed by atoms with E-state index in [4.69, 9.17) is 16.3 Å². The Bertz CT molecular complexity index is 646. The van der Waals surface area contributed by atoms with Crippen LogP contribution in [-0.2, 0) is 0 Å². The third-order valence-electron chi connectivity index (χ3n) is 3.77. The zero-order valence-electron chi connectivity index (χ0n) is 11.8. The standard InChI is InChI=1S/C17H17ClFNO/c1-2-20-15-10-17(12-8-7-11(18)9-14(12)19)21-16-6-4-3-5-13(15)16/h3-9,15,17,20H,2,10H2,1H3. The molecule has 0 saturated heterocycles. The van der Waals surface area contributed by atoms with Crippen molar-refractivity contribution in [2.45, 2.75) is 25.5 Å². The van der Waals surface area contributed by atoms with E-state index >= 15 is 0 Å². The molecule has 1 aliphatic rings. The van der Waals surface area contributed by atoms with Crippen LogP contribution in [-0.4, -0.2) is 6.54 Å². The van der Waals surface area contributed by atoms with E-state index in [0.717, 1.165) is 17.9 Å². The second-order valence-electron chi connectivity index (χ2n) is 5.16. The van der Waals surface area contributed by atoms with Crippen LogP contribution in [0.4, 0.5) is 4.39 Å². The molecule has 1 N–H and O–H groups in total. The first-order chi connectivity index (χ1) is 10.2. The maximum atomic E-state index is 14.1. The summed E-state index contributed by atoms with van der Waals surface area (Å²) in [5, 5.41) is 3.84. The van der Waals surface area contributed by atoms with Crippen LogP contribution in [0.25, 0.3) is 0 Å². The lowest BCUT2D eigenvalue weighted by Gasteiger charge is -2.33. The molecule has 0 radical (unpaired) electrons. The van der Waals surface area contributed by atoms with Crippen molar-refractivity contribution in [2.24, 2.45) is 0 Å². The molecule has 2 atom stereocenters. The number of halogens is 2. The van der Waals surface area contributed by atoms with Crippen molar-refractivity contribution in [1.29, 1.82) is 0 Å². The molecule has 0 aromatic heterocycles. The van der Waals surface area contributed by atoms with Crippen molar-refractivity contribution in [1.82, 2.24) is 5.32 Å². The van der Waals surface area contributed by atoms with Gasteiger partial charge in [0, 0.05) is 28.6 Å². The molecule has 2 unspecified atom stereocenters. The summed E-state index contributed by atoms with van der Waals surface area (Å²) in [6.45, 7) is 2.92. The molecule has 2 aromatic rings. The minimum absolute atomic E-state index is 0.167. The lowest BCUT2D eigenvalue weighted by atomic mass is 9.92. The van der Waals surface area contributed by atoms with Gasteiger partial charge in [-0.15, -0.1) is 0 Å². The van der Waals surface area contributed by atoms with Gasteiger partial charge in [0.2, 0.25) is 0 Å². The summed E-state index contributed by atoms with van der Waals surface area (Å²) in [4.78, 5) is 0. The SMILES string of the molecule is CCNC1CC(c2ccc(Cl)cc2F)Oc2ccccc21. The topological polar surface area (TPSA) is 21.3 Å². The third kappa shape index (κ3) is 2.89. The van der Waals surface area contributed by atoms with E-state index in [-0.39, 0.29) is 18.0 Å². The number of rotatable bonds is 3. The Balaban J connectivity index is 1.95. The zero-order valence-corrected chi connectivity index (χ0v) is 12.5. The van der Waals surface area contributed by atoms with Crippen molar-refractivity contribution < 1.29 is 9.13 Å². The van der Waals surface area contributed by atoms with E-state index < -0.39 is 0 Å². The molecule has 0 spiro atoms. The maximum Gasteiger partial charge on any atom is 0.131 e. The number of ether oxygens (including phenoxy) is 1. The zero-order chi connectivity index (χ0) is 14.8. The Labute approximate surface area is 128 Å². The predicted molar refractivity (Wildman–Crippen MR) is 82.3 cm³/mol. The Hall–Kier alpha value is -1.58. The van der Waals surface area contributed by atoms with Crippen LogP contribution in [0.2, 0.25) is 5.02 Å². The van der Waals surface area contributed by atoms with Gasteiger partial charge >= 0.3 is 0 Å². The molecule has 1 heterocycles. The van der Waals surface area contributed by atoms with Gasteiger partial charge in [-0.25, -0.2) is 4.39 Å². The Morgan fingerprint density at radius 3 is 2.81 bits per heavy atom. The molecule has 0 amide bonds. The van der Waals surface area contributed by atoms with Gasteiger partial charge in [0.1, 0.15) is 17.7 Å². The van der Waals surface area contributed by atoms with Crippen molar-refractivity contribution in [3.63, 3.8) is 0 Å². The van der Waals surface area contributed by atoms with E-state index in [1.807, 2.05) is 18.2 Å². The van der Waals surface area contributed by atoms with Gasteiger partial charge in [-0.1, -0.05) is 42.8 Å². The first-order valence-corrected chi connectivity index (χ1v) is 7.50. The van der Waals surface area contributed by atoms with E-state index in [1.165, 1.54) is 6.07 Å². The van der Waals surface area contributed by atoms with Gasteiger partial charge in [-0.05, 0) is 24.7 Å². The predicted octanol–water partition coefficient (Wildman–Crippen LogP) is 4.65. The molecule has 4 heteroatoms. The average molecular weight is 306 g/mol. The highest BCUT2D eigenvalue weighted by molar-refractivity contribution is 6.30. The Kier molecular flexibility index (Phi) is 4.13. The summed E-state index contributed by atoms with van der Waals surface area (Å²) in [5.41, 5.74) is 1.68. The lowest BCUT2D eigenvalue weighted by molar-refractivity contribution is 0.148. The molecule has 2 nitrogen and oxygen atoms in total. The number of benzene rings is 2. The van der Waals surface area contributed by atoms with Crippen LogP contribution in [0.1, 0.15) is 36.6 Å². The molecule has 0 bridgehead atoms. The molecular formula is C17H17ClFNO. The van der Waals surface area contributed by atoms with Crippen LogP contribution in [0, 0.1) is 5.82 Å². The number of para-hydroxylation sites is 1.